The van der Waals surface area contributed by atoms with Crippen molar-refractivity contribution >= 4 is 33.6 Å². The molecule has 1 atom stereocenters. The number of carbonyl (C=O) groups is 2. The van der Waals surface area contributed by atoms with Crippen LogP contribution in [0, 0.1) is 5.82 Å². The highest BCUT2D eigenvalue weighted by Crippen LogP contribution is 2.19. The van der Waals surface area contributed by atoms with E-state index in [1.165, 1.54) is 19.2 Å². The van der Waals surface area contributed by atoms with Crippen LogP contribution in [0.15, 0.2) is 22.7 Å². The summed E-state index contributed by atoms with van der Waals surface area (Å²) in [6, 6.07) is 3.58. The van der Waals surface area contributed by atoms with Crippen LogP contribution >= 0.6 is 15.9 Å². The number of carboxylic acids is 1. The number of urea groups is 1. The quantitative estimate of drug-likeness (QED) is 0.735. The first-order chi connectivity index (χ1) is 9.42. The van der Waals surface area contributed by atoms with E-state index in [2.05, 4.69) is 26.6 Å². The smallest absolute Gasteiger partial charge is 0.319 e. The molecule has 0 bridgehead atoms. The molecule has 3 N–H and O–H groups in total. The van der Waals surface area contributed by atoms with Crippen LogP contribution in [-0.4, -0.2) is 36.9 Å². The van der Waals surface area contributed by atoms with Crippen molar-refractivity contribution < 1.29 is 23.8 Å². The maximum atomic E-state index is 13.2. The molecule has 20 heavy (non-hydrogen) atoms. The van der Waals surface area contributed by atoms with Gasteiger partial charge in [0.05, 0.1) is 17.0 Å². The van der Waals surface area contributed by atoms with Gasteiger partial charge in [-0.25, -0.2) is 9.18 Å². The van der Waals surface area contributed by atoms with E-state index in [0.717, 1.165) is 6.07 Å². The maximum Gasteiger partial charge on any atom is 0.319 e. The van der Waals surface area contributed by atoms with Gasteiger partial charge < -0.3 is 20.5 Å². The van der Waals surface area contributed by atoms with Crippen molar-refractivity contribution in [2.24, 2.45) is 0 Å². The van der Waals surface area contributed by atoms with Crippen LogP contribution in [0.25, 0.3) is 0 Å². The Morgan fingerprint density at radius 3 is 2.75 bits per heavy atom. The zero-order valence-electron chi connectivity index (χ0n) is 10.7. The highest BCUT2D eigenvalue weighted by molar-refractivity contribution is 9.10. The highest BCUT2D eigenvalue weighted by Gasteiger charge is 2.13. The van der Waals surface area contributed by atoms with E-state index in [1.54, 1.807) is 0 Å². The molecule has 1 aromatic carbocycles. The third kappa shape index (κ3) is 5.54. The first kappa shape index (κ1) is 16.4. The molecule has 1 unspecified atom stereocenters. The Morgan fingerprint density at radius 1 is 1.50 bits per heavy atom. The summed E-state index contributed by atoms with van der Waals surface area (Å²) in [4.78, 5) is 22.1. The zero-order chi connectivity index (χ0) is 15.1. The van der Waals surface area contributed by atoms with E-state index >= 15 is 0 Å². The van der Waals surface area contributed by atoms with Crippen LogP contribution in [0.1, 0.15) is 6.42 Å². The number of amides is 2. The van der Waals surface area contributed by atoms with Gasteiger partial charge in [-0.1, -0.05) is 0 Å². The van der Waals surface area contributed by atoms with Gasteiger partial charge in [0.2, 0.25) is 0 Å². The zero-order valence-corrected chi connectivity index (χ0v) is 12.2. The van der Waals surface area contributed by atoms with E-state index in [-0.39, 0.29) is 18.7 Å². The number of carboxylic acid groups (broad SMARTS) is 1. The average molecular weight is 349 g/mol. The predicted molar refractivity (Wildman–Crippen MR) is 74.2 cm³/mol. The van der Waals surface area contributed by atoms with Gasteiger partial charge in [-0.3, -0.25) is 4.79 Å². The summed E-state index contributed by atoms with van der Waals surface area (Å²) in [5.41, 5.74) is 0.287. The van der Waals surface area contributed by atoms with Crippen LogP contribution in [-0.2, 0) is 9.53 Å². The molecule has 110 valence electrons. The van der Waals surface area contributed by atoms with E-state index in [1.807, 2.05) is 0 Å². The van der Waals surface area contributed by atoms with Gasteiger partial charge in [-0.2, -0.15) is 0 Å². The number of carbonyl (C=O) groups excluding carboxylic acids is 1. The number of methoxy groups -OCH3 is 1. The first-order valence-electron chi connectivity index (χ1n) is 5.67. The molecule has 8 heteroatoms. The highest BCUT2D eigenvalue weighted by atomic mass is 79.9. The molecular formula is C12H14BrFN2O4. The number of rotatable bonds is 6. The van der Waals surface area contributed by atoms with Crippen molar-refractivity contribution in [1.29, 1.82) is 0 Å². The SMILES string of the molecule is COC(CNC(=O)Nc1ccc(Br)c(F)c1)CC(=O)O. The fourth-order valence-electron chi connectivity index (χ4n) is 1.39. The fraction of sp³-hybridized carbons (Fsp3) is 0.333. The van der Waals surface area contributed by atoms with Crippen molar-refractivity contribution in [2.75, 3.05) is 19.0 Å². The van der Waals surface area contributed by atoms with Gasteiger partial charge in [-0.05, 0) is 34.1 Å². The fourth-order valence-corrected chi connectivity index (χ4v) is 1.64. The number of anilines is 1. The summed E-state index contributed by atoms with van der Waals surface area (Å²) in [6.45, 7) is 0.0354. The summed E-state index contributed by atoms with van der Waals surface area (Å²) in [5, 5.41) is 13.5. The Kier molecular flexibility index (Phi) is 6.40. The number of nitrogens with one attached hydrogen (secondary N) is 2. The standard InChI is InChI=1S/C12H14BrFN2O4/c1-20-8(5-11(17)18)6-15-12(19)16-7-2-3-9(13)10(14)4-7/h2-4,8H,5-6H2,1H3,(H,17,18)(H2,15,16,19). The third-order valence-electron chi connectivity index (χ3n) is 2.40. The molecule has 2 amide bonds. The second-order valence-electron chi connectivity index (χ2n) is 3.92. The Hall–Kier alpha value is -1.67. The topological polar surface area (TPSA) is 87.7 Å². The van der Waals surface area contributed by atoms with Crippen molar-refractivity contribution in [3.8, 4) is 0 Å². The van der Waals surface area contributed by atoms with Gasteiger partial charge in [0.25, 0.3) is 0 Å². The monoisotopic (exact) mass is 348 g/mol. The van der Waals surface area contributed by atoms with Crippen molar-refractivity contribution in [1.82, 2.24) is 5.32 Å². The summed E-state index contributed by atoms with van der Waals surface area (Å²) >= 11 is 3.00. The van der Waals surface area contributed by atoms with Crippen molar-refractivity contribution in [3.05, 3.63) is 28.5 Å². The lowest BCUT2D eigenvalue weighted by Gasteiger charge is -2.14. The van der Waals surface area contributed by atoms with E-state index in [4.69, 9.17) is 9.84 Å². The molecule has 0 spiro atoms. The van der Waals surface area contributed by atoms with Crippen molar-refractivity contribution in [3.63, 3.8) is 0 Å². The number of halogens is 2. The minimum atomic E-state index is -1.02. The second kappa shape index (κ2) is 7.81. The molecule has 1 aromatic rings. The first-order valence-corrected chi connectivity index (χ1v) is 6.46. The Morgan fingerprint density at radius 2 is 2.20 bits per heavy atom. The normalized spacial score (nSPS) is 11.8. The van der Waals surface area contributed by atoms with Crippen LogP contribution in [0.4, 0.5) is 14.9 Å². The minimum absolute atomic E-state index is 0.0354. The third-order valence-corrected chi connectivity index (χ3v) is 3.05. The van der Waals surface area contributed by atoms with Crippen LogP contribution in [0.3, 0.4) is 0 Å². The number of hydrogen-bond donors (Lipinski definition) is 3. The lowest BCUT2D eigenvalue weighted by atomic mass is 10.2. The van der Waals surface area contributed by atoms with E-state index in [9.17, 15) is 14.0 Å². The Balaban J connectivity index is 2.46. The largest absolute Gasteiger partial charge is 0.481 e. The van der Waals surface area contributed by atoms with Crippen LogP contribution in [0.5, 0.6) is 0 Å². The average Bonchev–Trinajstić information content (AvgIpc) is 2.38. The van der Waals surface area contributed by atoms with Crippen LogP contribution < -0.4 is 10.6 Å². The summed E-state index contributed by atoms with van der Waals surface area (Å²) in [6.07, 6.45) is -0.844. The molecular weight excluding hydrogens is 335 g/mol. The summed E-state index contributed by atoms with van der Waals surface area (Å²) in [7, 11) is 1.36. The lowest BCUT2D eigenvalue weighted by Crippen LogP contribution is -2.37. The number of benzene rings is 1. The number of hydrogen-bond acceptors (Lipinski definition) is 3. The van der Waals surface area contributed by atoms with Gasteiger partial charge in [0, 0.05) is 19.3 Å². The van der Waals surface area contributed by atoms with E-state index < -0.39 is 23.9 Å². The molecule has 6 nitrogen and oxygen atoms in total. The van der Waals surface area contributed by atoms with Crippen LogP contribution in [0.2, 0.25) is 0 Å². The van der Waals surface area contributed by atoms with Gasteiger partial charge in [0.15, 0.2) is 0 Å². The Bertz CT molecular complexity index is 498. The second-order valence-corrected chi connectivity index (χ2v) is 4.77. The molecule has 0 fully saturated rings. The number of aliphatic carboxylic acids is 1. The minimum Gasteiger partial charge on any atom is -0.481 e. The molecule has 0 saturated carbocycles. The summed E-state index contributed by atoms with van der Waals surface area (Å²) < 4.78 is 18.4. The Labute approximate surface area is 123 Å². The predicted octanol–water partition coefficient (Wildman–Crippen LogP) is 2.20. The molecule has 0 aliphatic rings. The summed E-state index contributed by atoms with van der Waals surface area (Å²) in [5.74, 6) is -1.52. The van der Waals surface area contributed by atoms with Gasteiger partial charge >= 0.3 is 12.0 Å². The van der Waals surface area contributed by atoms with Gasteiger partial charge in [0.1, 0.15) is 5.82 Å². The molecule has 1 rings (SSSR count). The van der Waals surface area contributed by atoms with Gasteiger partial charge in [-0.15, -0.1) is 0 Å². The lowest BCUT2D eigenvalue weighted by molar-refractivity contribution is -0.139. The maximum absolute atomic E-state index is 13.2. The molecule has 0 aliphatic carbocycles. The molecule has 0 aliphatic heterocycles. The van der Waals surface area contributed by atoms with E-state index in [0.29, 0.717) is 4.47 Å². The molecule has 0 heterocycles. The molecule has 0 radical (unpaired) electrons. The molecule has 0 saturated heterocycles. The number of ether oxygens (including phenoxy) is 1. The molecule has 0 aromatic heterocycles. The van der Waals surface area contributed by atoms with Crippen molar-refractivity contribution in [2.45, 2.75) is 12.5 Å².